The number of carboxylic acids is 1. The number of hydrogen-bond donors (Lipinski definition) is 1. The first-order valence-electron chi connectivity index (χ1n) is 20.8. The Morgan fingerprint density at radius 1 is 0.935 bits per heavy atom. The van der Waals surface area contributed by atoms with Crippen molar-refractivity contribution in [2.24, 2.45) is 7.05 Å². The van der Waals surface area contributed by atoms with Gasteiger partial charge in [0.2, 0.25) is 0 Å². The second-order valence-corrected chi connectivity index (χ2v) is 17.3. The summed E-state index contributed by atoms with van der Waals surface area (Å²) in [6.07, 6.45) is 2.84. The Hall–Kier alpha value is -5.82. The van der Waals surface area contributed by atoms with Crippen LogP contribution in [0.2, 0.25) is 10.0 Å². The highest BCUT2D eigenvalue weighted by Crippen LogP contribution is 2.46. The zero-order valence-corrected chi connectivity index (χ0v) is 37.9. The van der Waals surface area contributed by atoms with Crippen molar-refractivity contribution < 1.29 is 24.2 Å². The van der Waals surface area contributed by atoms with Crippen molar-refractivity contribution in [3.05, 3.63) is 122 Å². The first-order valence-corrected chi connectivity index (χ1v) is 21.5. The zero-order chi connectivity index (χ0) is 44.1. The molecule has 0 fully saturated rings. The van der Waals surface area contributed by atoms with Crippen LogP contribution in [-0.4, -0.2) is 86.2 Å². The summed E-state index contributed by atoms with van der Waals surface area (Å²) in [6, 6.07) is 18.5. The maximum absolute atomic E-state index is 15.7. The van der Waals surface area contributed by atoms with E-state index < -0.39 is 5.97 Å². The van der Waals surface area contributed by atoms with Crippen LogP contribution >= 0.6 is 23.2 Å². The van der Waals surface area contributed by atoms with Crippen LogP contribution in [0.4, 0.5) is 5.69 Å². The van der Waals surface area contributed by atoms with Crippen molar-refractivity contribution in [1.29, 1.82) is 0 Å². The number of carbonyl (C=O) groups is 2. The van der Waals surface area contributed by atoms with Gasteiger partial charge in [0.05, 0.1) is 46.3 Å². The Balaban J connectivity index is 1.31. The lowest BCUT2D eigenvalue weighted by atomic mass is 9.98. The number of amides is 1. The van der Waals surface area contributed by atoms with Crippen molar-refractivity contribution in [2.45, 2.75) is 60.0 Å². The molecule has 1 atom stereocenters. The molecule has 14 heteroatoms. The largest absolute Gasteiger partial charge is 0.494 e. The number of benzene rings is 3. The van der Waals surface area contributed by atoms with E-state index >= 15 is 4.79 Å². The van der Waals surface area contributed by atoms with Gasteiger partial charge in [-0.2, -0.15) is 5.10 Å². The van der Waals surface area contributed by atoms with Gasteiger partial charge in [-0.1, -0.05) is 35.3 Å². The third kappa shape index (κ3) is 7.80. The van der Waals surface area contributed by atoms with Gasteiger partial charge in [0.15, 0.2) is 0 Å². The van der Waals surface area contributed by atoms with Gasteiger partial charge < -0.3 is 33.5 Å². The molecule has 12 nitrogen and oxygen atoms in total. The lowest BCUT2D eigenvalue weighted by molar-refractivity contribution is 0.0686. The van der Waals surface area contributed by atoms with Crippen LogP contribution < -0.4 is 14.4 Å². The number of aromatic nitrogens is 5. The highest BCUT2D eigenvalue weighted by atomic mass is 35.5. The summed E-state index contributed by atoms with van der Waals surface area (Å²) < 4.78 is 18.4. The van der Waals surface area contributed by atoms with E-state index in [4.69, 9.17) is 37.8 Å². The number of pyridine rings is 1. The predicted molar refractivity (Wildman–Crippen MR) is 246 cm³/mol. The van der Waals surface area contributed by atoms with E-state index in [0.717, 1.165) is 60.9 Å². The number of carboxylic acid groups (broad SMARTS) is 1. The molecule has 1 aliphatic rings. The maximum Gasteiger partial charge on any atom is 0.352 e. The molecule has 3 aromatic carbocycles. The van der Waals surface area contributed by atoms with Crippen LogP contribution in [-0.2, 0) is 20.0 Å². The van der Waals surface area contributed by atoms with Crippen molar-refractivity contribution in [1.82, 2.24) is 28.8 Å². The van der Waals surface area contributed by atoms with Gasteiger partial charge in [0.25, 0.3) is 5.91 Å². The average Bonchev–Trinajstić information content (AvgIpc) is 3.85. The first kappa shape index (κ1) is 42.9. The number of carbonyl (C=O) groups excluding carboxylic acids is 1. The van der Waals surface area contributed by atoms with Gasteiger partial charge in [0, 0.05) is 71.1 Å². The Labute approximate surface area is 371 Å². The number of fused-ring (bicyclic) bond motifs is 4. The van der Waals surface area contributed by atoms with Gasteiger partial charge >= 0.3 is 5.97 Å². The number of nitrogens with zero attached hydrogens (tertiary/aromatic N) is 7. The third-order valence-corrected chi connectivity index (χ3v) is 12.8. The molecule has 4 aromatic heterocycles. The number of ether oxygens (including phenoxy) is 2. The van der Waals surface area contributed by atoms with Gasteiger partial charge in [0.1, 0.15) is 29.5 Å². The number of halogens is 2. The monoisotopic (exact) mass is 875 g/mol. The van der Waals surface area contributed by atoms with Crippen LogP contribution in [0.3, 0.4) is 0 Å². The molecule has 8 rings (SSSR count). The summed E-state index contributed by atoms with van der Waals surface area (Å²) in [5.74, 6) is -0.0215. The number of anilines is 1. The Bertz CT molecular complexity index is 2860. The SMILES string of the molecule is Cc1cc(OCCCc2c3n(c4c(-c5c(C)nn(C)c5C)c(Cl)ccc24)C(C)CN(c2cc(OCCN(C)C)cc4cc(C(=O)O)n(Cc5ccccn5)c24)C3=O)cc(C)c1Cl. The molecule has 322 valence electrons. The minimum Gasteiger partial charge on any atom is -0.494 e. The highest BCUT2D eigenvalue weighted by Gasteiger charge is 2.38. The minimum atomic E-state index is -1.09. The molecule has 1 aliphatic heterocycles. The molecule has 5 heterocycles. The Morgan fingerprint density at radius 2 is 1.66 bits per heavy atom. The van der Waals surface area contributed by atoms with Gasteiger partial charge in [-0.15, -0.1) is 0 Å². The lowest BCUT2D eigenvalue weighted by Crippen LogP contribution is -2.43. The summed E-state index contributed by atoms with van der Waals surface area (Å²) >= 11 is 13.6. The zero-order valence-electron chi connectivity index (χ0n) is 36.3. The predicted octanol–water partition coefficient (Wildman–Crippen LogP) is 9.85. The van der Waals surface area contributed by atoms with Crippen LogP contribution in [0.15, 0.2) is 66.9 Å². The number of aromatic carboxylic acids is 1. The number of likely N-dealkylation sites (N-methyl/N-ethyl adjacent to an activating group) is 1. The van der Waals surface area contributed by atoms with E-state index in [1.165, 1.54) is 0 Å². The maximum atomic E-state index is 15.7. The second-order valence-electron chi connectivity index (χ2n) is 16.5. The molecule has 1 N–H and O–H groups in total. The summed E-state index contributed by atoms with van der Waals surface area (Å²) in [5.41, 5.74) is 9.70. The quantitative estimate of drug-likeness (QED) is 0.107. The lowest BCUT2D eigenvalue weighted by Gasteiger charge is -2.35. The van der Waals surface area contributed by atoms with Gasteiger partial charge in [-0.05, 0) is 121 Å². The van der Waals surface area contributed by atoms with E-state index in [9.17, 15) is 9.90 Å². The molecule has 0 saturated heterocycles. The van der Waals surface area contributed by atoms with Crippen molar-refractivity contribution in [3.63, 3.8) is 0 Å². The average molecular weight is 877 g/mol. The van der Waals surface area contributed by atoms with Crippen LogP contribution in [0.1, 0.15) is 74.1 Å². The minimum absolute atomic E-state index is 0.0808. The molecule has 0 radical (unpaired) electrons. The fraction of sp³-hybridized carbons (Fsp3) is 0.333. The van der Waals surface area contributed by atoms with Crippen molar-refractivity contribution >= 4 is 62.6 Å². The molecular formula is C48H51Cl2N7O5. The molecule has 0 aliphatic carbocycles. The van der Waals surface area contributed by atoms with Gasteiger partial charge in [-0.3, -0.25) is 14.5 Å². The van der Waals surface area contributed by atoms with E-state index in [-0.39, 0.29) is 30.7 Å². The molecule has 1 amide bonds. The number of aryl methyl sites for hydroxylation is 5. The molecular weight excluding hydrogens is 825 g/mol. The van der Waals surface area contributed by atoms with Crippen LogP contribution in [0.5, 0.6) is 11.5 Å². The fourth-order valence-electron chi connectivity index (χ4n) is 8.93. The number of hydrogen-bond acceptors (Lipinski definition) is 7. The summed E-state index contributed by atoms with van der Waals surface area (Å²) in [5, 5.41) is 18.2. The Kier molecular flexibility index (Phi) is 11.9. The molecule has 7 aromatic rings. The standard InChI is InChI=1S/C48H51Cl2N7O5/c1-27-20-34(21-28(2)43(27)50)61-18-11-13-36-37-14-15-38(49)42(41-30(4)52-54(8)31(41)5)45(37)57-29(3)25-56(47(58)46(36)57)39-24-35(62-19-17-53(6)7)22-32-23-40(48(59)60)55(44(32)39)26-33-12-9-10-16-51-33/h9-10,12,14-16,20-24,29H,11,13,17-19,25-26H2,1-8H3,(H,59,60). The van der Waals surface area contributed by atoms with Crippen LogP contribution in [0.25, 0.3) is 32.9 Å². The fourth-order valence-corrected chi connectivity index (χ4v) is 9.29. The second kappa shape index (κ2) is 17.2. The molecule has 0 spiro atoms. The van der Waals surface area contributed by atoms with E-state index in [2.05, 4.69) is 16.5 Å². The number of rotatable bonds is 14. The van der Waals surface area contributed by atoms with E-state index in [1.54, 1.807) is 21.7 Å². The topological polar surface area (TPSA) is 120 Å². The van der Waals surface area contributed by atoms with Gasteiger partial charge in [-0.25, -0.2) is 4.79 Å². The normalized spacial score (nSPS) is 14.1. The molecule has 0 bridgehead atoms. The van der Waals surface area contributed by atoms with Crippen LogP contribution in [0, 0.1) is 27.7 Å². The third-order valence-electron chi connectivity index (χ3n) is 11.9. The summed E-state index contributed by atoms with van der Waals surface area (Å²) in [4.78, 5) is 37.0. The first-order chi connectivity index (χ1) is 29.6. The molecule has 0 saturated carbocycles. The summed E-state index contributed by atoms with van der Waals surface area (Å²) in [6.45, 7) is 12.0. The van der Waals surface area contributed by atoms with E-state index in [1.807, 2.05) is 113 Å². The Morgan fingerprint density at radius 3 is 2.32 bits per heavy atom. The van der Waals surface area contributed by atoms with E-state index in [0.29, 0.717) is 71.4 Å². The van der Waals surface area contributed by atoms with Crippen molar-refractivity contribution in [2.75, 3.05) is 45.3 Å². The molecule has 1 unspecified atom stereocenters. The molecule has 62 heavy (non-hydrogen) atoms. The summed E-state index contributed by atoms with van der Waals surface area (Å²) in [7, 11) is 5.87. The highest BCUT2D eigenvalue weighted by molar-refractivity contribution is 6.35. The smallest absolute Gasteiger partial charge is 0.352 e. The van der Waals surface area contributed by atoms with Crippen molar-refractivity contribution in [3.8, 4) is 22.6 Å².